The Morgan fingerprint density at radius 1 is 1.29 bits per heavy atom. The number of para-hydroxylation sites is 1. The lowest BCUT2D eigenvalue weighted by molar-refractivity contribution is 0.289. The summed E-state index contributed by atoms with van der Waals surface area (Å²) in [5.41, 5.74) is 7.98. The highest BCUT2D eigenvalue weighted by molar-refractivity contribution is 5.46. The largest absolute Gasteiger partial charge is 0.398 e. The van der Waals surface area contributed by atoms with Crippen LogP contribution in [-0.2, 0) is 6.54 Å². The minimum atomic E-state index is 0.699. The van der Waals surface area contributed by atoms with Crippen LogP contribution in [0.25, 0.3) is 0 Å². The molecule has 0 saturated carbocycles. The van der Waals surface area contributed by atoms with Gasteiger partial charge < -0.3 is 10.6 Å². The predicted molar refractivity (Wildman–Crippen MR) is 62.0 cm³/mol. The van der Waals surface area contributed by atoms with Crippen LogP contribution in [0.5, 0.6) is 0 Å². The van der Waals surface area contributed by atoms with E-state index in [0.29, 0.717) is 5.92 Å². The third kappa shape index (κ3) is 3.38. The molecular formula is C12H20N2. The van der Waals surface area contributed by atoms with Gasteiger partial charge in [-0.05, 0) is 24.6 Å². The van der Waals surface area contributed by atoms with Crippen molar-refractivity contribution in [1.29, 1.82) is 0 Å². The standard InChI is InChI=1S/C12H20N2/c1-10(2)8-14(3)9-11-6-4-5-7-12(11)13/h4-7,10H,8-9,13H2,1-3H3. The second-order valence-electron chi connectivity index (χ2n) is 4.29. The van der Waals surface area contributed by atoms with E-state index >= 15 is 0 Å². The van der Waals surface area contributed by atoms with E-state index in [1.54, 1.807) is 0 Å². The second-order valence-corrected chi connectivity index (χ2v) is 4.29. The molecule has 2 heteroatoms. The van der Waals surface area contributed by atoms with Crippen LogP contribution in [0, 0.1) is 5.92 Å². The van der Waals surface area contributed by atoms with Gasteiger partial charge in [-0.1, -0.05) is 32.0 Å². The molecule has 0 aliphatic rings. The summed E-state index contributed by atoms with van der Waals surface area (Å²) in [6.45, 7) is 6.49. The number of rotatable bonds is 4. The van der Waals surface area contributed by atoms with Crippen molar-refractivity contribution in [3.05, 3.63) is 29.8 Å². The number of hydrogen-bond donors (Lipinski definition) is 1. The SMILES string of the molecule is CC(C)CN(C)Cc1ccccc1N. The molecular weight excluding hydrogens is 172 g/mol. The van der Waals surface area contributed by atoms with Crippen molar-refractivity contribution in [2.45, 2.75) is 20.4 Å². The van der Waals surface area contributed by atoms with Gasteiger partial charge in [0.2, 0.25) is 0 Å². The lowest BCUT2D eigenvalue weighted by atomic mass is 10.1. The monoisotopic (exact) mass is 192 g/mol. The molecule has 0 amide bonds. The summed E-state index contributed by atoms with van der Waals surface area (Å²) in [6.07, 6.45) is 0. The number of nitrogen functional groups attached to an aromatic ring is 1. The van der Waals surface area contributed by atoms with E-state index in [1.165, 1.54) is 5.56 Å². The summed E-state index contributed by atoms with van der Waals surface area (Å²) in [5.74, 6) is 0.699. The Balaban J connectivity index is 2.56. The van der Waals surface area contributed by atoms with Crippen molar-refractivity contribution in [2.75, 3.05) is 19.3 Å². The topological polar surface area (TPSA) is 29.3 Å². The predicted octanol–water partition coefficient (Wildman–Crippen LogP) is 2.36. The van der Waals surface area contributed by atoms with Gasteiger partial charge in [0.25, 0.3) is 0 Å². The maximum atomic E-state index is 5.87. The summed E-state index contributed by atoms with van der Waals surface area (Å²) in [5, 5.41) is 0. The van der Waals surface area contributed by atoms with Gasteiger partial charge in [0.1, 0.15) is 0 Å². The fraction of sp³-hybridized carbons (Fsp3) is 0.500. The molecule has 0 aliphatic heterocycles. The molecule has 0 atom stereocenters. The Hall–Kier alpha value is -1.02. The minimum absolute atomic E-state index is 0.699. The zero-order valence-electron chi connectivity index (χ0n) is 9.33. The average molecular weight is 192 g/mol. The molecule has 0 bridgehead atoms. The van der Waals surface area contributed by atoms with Gasteiger partial charge >= 0.3 is 0 Å². The van der Waals surface area contributed by atoms with E-state index < -0.39 is 0 Å². The molecule has 0 radical (unpaired) electrons. The first-order valence-electron chi connectivity index (χ1n) is 5.11. The summed E-state index contributed by atoms with van der Waals surface area (Å²) in [4.78, 5) is 2.30. The molecule has 0 saturated heterocycles. The van der Waals surface area contributed by atoms with E-state index in [-0.39, 0.29) is 0 Å². The first kappa shape index (κ1) is 11.1. The normalized spacial score (nSPS) is 11.2. The van der Waals surface area contributed by atoms with Crippen molar-refractivity contribution in [1.82, 2.24) is 4.90 Å². The molecule has 0 heterocycles. The second kappa shape index (κ2) is 5.01. The van der Waals surface area contributed by atoms with E-state index in [0.717, 1.165) is 18.8 Å². The van der Waals surface area contributed by atoms with Gasteiger partial charge in [-0.3, -0.25) is 0 Å². The first-order chi connectivity index (χ1) is 6.59. The van der Waals surface area contributed by atoms with Crippen LogP contribution < -0.4 is 5.73 Å². The number of nitrogens with zero attached hydrogens (tertiary/aromatic N) is 1. The highest BCUT2D eigenvalue weighted by Gasteiger charge is 2.04. The molecule has 78 valence electrons. The van der Waals surface area contributed by atoms with Crippen molar-refractivity contribution in [2.24, 2.45) is 5.92 Å². The Bertz CT molecular complexity index is 281. The molecule has 2 nitrogen and oxygen atoms in total. The first-order valence-corrected chi connectivity index (χ1v) is 5.11. The summed E-state index contributed by atoms with van der Waals surface area (Å²) < 4.78 is 0. The molecule has 14 heavy (non-hydrogen) atoms. The van der Waals surface area contributed by atoms with Crippen LogP contribution in [0.3, 0.4) is 0 Å². The van der Waals surface area contributed by atoms with Crippen molar-refractivity contribution in [3.8, 4) is 0 Å². The number of anilines is 1. The average Bonchev–Trinajstić information content (AvgIpc) is 2.07. The lowest BCUT2D eigenvalue weighted by Gasteiger charge is -2.19. The van der Waals surface area contributed by atoms with Crippen LogP contribution in [0.15, 0.2) is 24.3 Å². The number of nitrogens with two attached hydrogens (primary N) is 1. The molecule has 0 fully saturated rings. The Kier molecular flexibility index (Phi) is 3.96. The minimum Gasteiger partial charge on any atom is -0.398 e. The van der Waals surface area contributed by atoms with E-state index in [2.05, 4.69) is 31.9 Å². The fourth-order valence-corrected chi connectivity index (χ4v) is 1.66. The summed E-state index contributed by atoms with van der Waals surface area (Å²) in [7, 11) is 2.13. The van der Waals surface area contributed by atoms with Crippen molar-refractivity contribution < 1.29 is 0 Å². The summed E-state index contributed by atoms with van der Waals surface area (Å²) >= 11 is 0. The fourth-order valence-electron chi connectivity index (χ4n) is 1.66. The number of benzene rings is 1. The Labute approximate surface area is 86.7 Å². The molecule has 1 aromatic rings. The van der Waals surface area contributed by atoms with Crippen LogP contribution >= 0.6 is 0 Å². The highest BCUT2D eigenvalue weighted by atomic mass is 15.1. The van der Waals surface area contributed by atoms with Gasteiger partial charge in [0.15, 0.2) is 0 Å². The van der Waals surface area contributed by atoms with Crippen LogP contribution in [0.1, 0.15) is 19.4 Å². The van der Waals surface area contributed by atoms with Crippen LogP contribution in [-0.4, -0.2) is 18.5 Å². The zero-order valence-corrected chi connectivity index (χ0v) is 9.33. The van der Waals surface area contributed by atoms with Crippen molar-refractivity contribution >= 4 is 5.69 Å². The zero-order chi connectivity index (χ0) is 10.6. The Morgan fingerprint density at radius 2 is 1.93 bits per heavy atom. The molecule has 0 spiro atoms. The quantitative estimate of drug-likeness (QED) is 0.742. The lowest BCUT2D eigenvalue weighted by Crippen LogP contribution is -2.23. The molecule has 0 unspecified atom stereocenters. The van der Waals surface area contributed by atoms with Gasteiger partial charge in [0.05, 0.1) is 0 Å². The molecule has 1 aromatic carbocycles. The molecule has 1 rings (SSSR count). The van der Waals surface area contributed by atoms with E-state index in [9.17, 15) is 0 Å². The molecule has 2 N–H and O–H groups in total. The Morgan fingerprint density at radius 3 is 2.50 bits per heavy atom. The smallest absolute Gasteiger partial charge is 0.0359 e. The molecule has 0 aliphatic carbocycles. The highest BCUT2D eigenvalue weighted by Crippen LogP contribution is 2.13. The van der Waals surface area contributed by atoms with Crippen LogP contribution in [0.2, 0.25) is 0 Å². The van der Waals surface area contributed by atoms with E-state index in [4.69, 9.17) is 5.73 Å². The number of hydrogen-bond acceptors (Lipinski definition) is 2. The maximum Gasteiger partial charge on any atom is 0.0359 e. The van der Waals surface area contributed by atoms with Crippen LogP contribution in [0.4, 0.5) is 5.69 Å². The summed E-state index contributed by atoms with van der Waals surface area (Å²) in [6, 6.07) is 8.06. The maximum absolute atomic E-state index is 5.87. The third-order valence-electron chi connectivity index (χ3n) is 2.17. The van der Waals surface area contributed by atoms with Gasteiger partial charge in [-0.15, -0.1) is 0 Å². The van der Waals surface area contributed by atoms with Gasteiger partial charge in [-0.2, -0.15) is 0 Å². The van der Waals surface area contributed by atoms with E-state index in [1.807, 2.05) is 18.2 Å². The van der Waals surface area contributed by atoms with Gasteiger partial charge in [0, 0.05) is 18.8 Å². The van der Waals surface area contributed by atoms with Crippen molar-refractivity contribution in [3.63, 3.8) is 0 Å². The third-order valence-corrected chi connectivity index (χ3v) is 2.17. The van der Waals surface area contributed by atoms with Gasteiger partial charge in [-0.25, -0.2) is 0 Å². The molecule has 0 aromatic heterocycles.